The molecule has 1 aliphatic rings. The maximum absolute atomic E-state index is 12.0. The lowest BCUT2D eigenvalue weighted by Crippen LogP contribution is -2.43. The van der Waals surface area contributed by atoms with Crippen molar-refractivity contribution in [3.05, 3.63) is 45.3 Å². The van der Waals surface area contributed by atoms with Gasteiger partial charge < -0.3 is 10.0 Å². The van der Waals surface area contributed by atoms with Crippen molar-refractivity contribution < 1.29 is 14.7 Å². The monoisotopic (exact) mass is 322 g/mol. The number of rotatable bonds is 6. The minimum absolute atomic E-state index is 0.129. The summed E-state index contributed by atoms with van der Waals surface area (Å²) in [6.07, 6.45) is 0.426. The SMILES string of the molecule is [N-]=[N+]=NCC1CC(=O)N(C(Cc2ccc(Cl)cc2)C(=O)O)C1. The van der Waals surface area contributed by atoms with Crippen molar-refractivity contribution in [2.24, 2.45) is 11.0 Å². The Bertz CT molecular complexity index is 613. The summed E-state index contributed by atoms with van der Waals surface area (Å²) in [5, 5.41) is 13.5. The molecule has 1 aromatic carbocycles. The number of amides is 1. The second-order valence-electron chi connectivity index (χ2n) is 5.21. The van der Waals surface area contributed by atoms with Crippen LogP contribution in [0.25, 0.3) is 10.4 Å². The van der Waals surface area contributed by atoms with E-state index in [1.807, 2.05) is 0 Å². The van der Waals surface area contributed by atoms with E-state index >= 15 is 0 Å². The highest BCUT2D eigenvalue weighted by Crippen LogP contribution is 2.23. The molecule has 2 rings (SSSR count). The molecule has 0 saturated carbocycles. The molecule has 1 aliphatic heterocycles. The van der Waals surface area contributed by atoms with E-state index in [-0.39, 0.29) is 31.2 Å². The number of carbonyl (C=O) groups is 2. The van der Waals surface area contributed by atoms with Crippen molar-refractivity contribution in [2.45, 2.75) is 18.9 Å². The van der Waals surface area contributed by atoms with Crippen molar-refractivity contribution in [3.8, 4) is 0 Å². The first-order valence-electron chi connectivity index (χ1n) is 6.79. The van der Waals surface area contributed by atoms with Crippen LogP contribution in [0.1, 0.15) is 12.0 Å². The molecule has 0 spiro atoms. The third-order valence-electron chi connectivity index (χ3n) is 3.65. The molecule has 2 atom stereocenters. The Morgan fingerprint density at radius 2 is 2.18 bits per heavy atom. The van der Waals surface area contributed by atoms with Gasteiger partial charge in [0.05, 0.1) is 0 Å². The molecule has 0 radical (unpaired) electrons. The first kappa shape index (κ1) is 16.1. The second-order valence-corrected chi connectivity index (χ2v) is 5.65. The van der Waals surface area contributed by atoms with E-state index in [2.05, 4.69) is 10.0 Å². The third-order valence-corrected chi connectivity index (χ3v) is 3.90. The molecule has 1 aromatic rings. The number of likely N-dealkylation sites (tertiary alicyclic amines) is 1. The summed E-state index contributed by atoms with van der Waals surface area (Å²) >= 11 is 5.81. The van der Waals surface area contributed by atoms with Crippen LogP contribution in [-0.2, 0) is 16.0 Å². The van der Waals surface area contributed by atoms with E-state index < -0.39 is 12.0 Å². The Balaban J connectivity index is 2.10. The number of carboxylic acids is 1. The number of hydrogen-bond donors (Lipinski definition) is 1. The molecule has 1 heterocycles. The van der Waals surface area contributed by atoms with Gasteiger partial charge in [-0.2, -0.15) is 0 Å². The molecule has 0 aliphatic carbocycles. The van der Waals surface area contributed by atoms with Gasteiger partial charge in [0.15, 0.2) is 0 Å². The van der Waals surface area contributed by atoms with E-state index in [0.29, 0.717) is 11.6 Å². The van der Waals surface area contributed by atoms with E-state index in [4.69, 9.17) is 17.1 Å². The highest BCUT2D eigenvalue weighted by atomic mass is 35.5. The van der Waals surface area contributed by atoms with Gasteiger partial charge in [0, 0.05) is 35.9 Å². The minimum atomic E-state index is -1.05. The van der Waals surface area contributed by atoms with Crippen molar-refractivity contribution in [2.75, 3.05) is 13.1 Å². The summed E-state index contributed by atoms with van der Waals surface area (Å²) < 4.78 is 0. The summed E-state index contributed by atoms with van der Waals surface area (Å²) in [5.74, 6) is -1.40. The Labute approximate surface area is 132 Å². The molecule has 1 N–H and O–H groups in total. The predicted molar refractivity (Wildman–Crippen MR) is 80.4 cm³/mol. The number of carbonyl (C=O) groups excluding carboxylic acids is 1. The van der Waals surface area contributed by atoms with Crippen LogP contribution in [0.15, 0.2) is 29.4 Å². The summed E-state index contributed by atoms with van der Waals surface area (Å²) in [4.78, 5) is 27.6. The standard InChI is InChI=1S/C14H15ClN4O3/c15-11-3-1-9(2-4-11)5-12(14(21)22)19-8-10(6-13(19)20)7-17-18-16/h1-4,10,12H,5-8H2,(H,21,22). The van der Waals surface area contributed by atoms with E-state index in [9.17, 15) is 14.7 Å². The summed E-state index contributed by atoms with van der Waals surface area (Å²) in [6.45, 7) is 0.494. The van der Waals surface area contributed by atoms with Crippen LogP contribution in [0.5, 0.6) is 0 Å². The largest absolute Gasteiger partial charge is 0.480 e. The zero-order chi connectivity index (χ0) is 16.1. The molecule has 0 aromatic heterocycles. The number of nitrogens with zero attached hydrogens (tertiary/aromatic N) is 4. The normalized spacial score (nSPS) is 18.9. The summed E-state index contributed by atoms with van der Waals surface area (Å²) in [7, 11) is 0. The van der Waals surface area contributed by atoms with Crippen LogP contribution in [0.2, 0.25) is 5.02 Å². The van der Waals surface area contributed by atoms with Gasteiger partial charge in [0.2, 0.25) is 5.91 Å². The Morgan fingerprint density at radius 1 is 1.50 bits per heavy atom. The fraction of sp³-hybridized carbons (Fsp3) is 0.429. The highest BCUT2D eigenvalue weighted by Gasteiger charge is 2.37. The van der Waals surface area contributed by atoms with Crippen LogP contribution >= 0.6 is 11.6 Å². The summed E-state index contributed by atoms with van der Waals surface area (Å²) in [6, 6.07) is 5.94. The molecule has 116 valence electrons. The van der Waals surface area contributed by atoms with Crippen LogP contribution < -0.4 is 0 Å². The van der Waals surface area contributed by atoms with Crippen molar-refractivity contribution in [1.82, 2.24) is 4.90 Å². The topological polar surface area (TPSA) is 106 Å². The second kappa shape index (κ2) is 7.15. The fourth-order valence-corrected chi connectivity index (χ4v) is 2.68. The maximum Gasteiger partial charge on any atom is 0.326 e. The molecular formula is C14H15ClN4O3. The predicted octanol–water partition coefficient (Wildman–Crippen LogP) is 2.49. The molecule has 7 nitrogen and oxygen atoms in total. The van der Waals surface area contributed by atoms with Crippen molar-refractivity contribution in [3.63, 3.8) is 0 Å². The number of benzene rings is 1. The third kappa shape index (κ3) is 3.90. The number of carboxylic acid groups (broad SMARTS) is 1. The van der Waals surface area contributed by atoms with Crippen LogP contribution in [0.3, 0.4) is 0 Å². The molecule has 1 saturated heterocycles. The van der Waals surface area contributed by atoms with Gasteiger partial charge in [0.25, 0.3) is 0 Å². The summed E-state index contributed by atoms with van der Waals surface area (Å²) in [5.41, 5.74) is 9.12. The quantitative estimate of drug-likeness (QED) is 0.494. The van der Waals surface area contributed by atoms with Crippen molar-refractivity contribution in [1.29, 1.82) is 0 Å². The highest BCUT2D eigenvalue weighted by molar-refractivity contribution is 6.30. The van der Waals surface area contributed by atoms with Crippen molar-refractivity contribution >= 4 is 23.5 Å². The van der Waals surface area contributed by atoms with Gasteiger partial charge in [0.1, 0.15) is 6.04 Å². The van der Waals surface area contributed by atoms with Crippen LogP contribution in [0, 0.1) is 5.92 Å². The fourth-order valence-electron chi connectivity index (χ4n) is 2.56. The number of azide groups is 1. The molecule has 2 unspecified atom stereocenters. The van der Waals surface area contributed by atoms with Gasteiger partial charge in [-0.3, -0.25) is 4.79 Å². The van der Waals surface area contributed by atoms with Gasteiger partial charge in [-0.15, -0.1) is 0 Å². The number of halogens is 1. The lowest BCUT2D eigenvalue weighted by atomic mass is 10.0. The van der Waals surface area contributed by atoms with E-state index in [1.54, 1.807) is 24.3 Å². The number of aliphatic carboxylic acids is 1. The van der Waals surface area contributed by atoms with Gasteiger partial charge in [-0.1, -0.05) is 28.8 Å². The van der Waals surface area contributed by atoms with E-state index in [0.717, 1.165) is 5.56 Å². The van der Waals surface area contributed by atoms with Gasteiger partial charge in [-0.05, 0) is 29.1 Å². The first-order chi connectivity index (χ1) is 10.5. The Hall–Kier alpha value is -2.24. The molecule has 8 heteroatoms. The number of hydrogen-bond acceptors (Lipinski definition) is 3. The molecule has 22 heavy (non-hydrogen) atoms. The molecule has 1 fully saturated rings. The first-order valence-corrected chi connectivity index (χ1v) is 7.16. The van der Waals surface area contributed by atoms with Gasteiger partial charge >= 0.3 is 5.97 Å². The zero-order valence-electron chi connectivity index (χ0n) is 11.7. The molecular weight excluding hydrogens is 308 g/mol. The van der Waals surface area contributed by atoms with E-state index in [1.165, 1.54) is 4.90 Å². The molecule has 0 bridgehead atoms. The average molecular weight is 323 g/mol. The van der Waals surface area contributed by atoms with Crippen LogP contribution in [-0.4, -0.2) is 41.0 Å². The minimum Gasteiger partial charge on any atom is -0.480 e. The maximum atomic E-state index is 12.0. The lowest BCUT2D eigenvalue weighted by Gasteiger charge is -2.24. The molecule has 1 amide bonds. The Morgan fingerprint density at radius 3 is 2.77 bits per heavy atom. The lowest BCUT2D eigenvalue weighted by molar-refractivity contribution is -0.148. The van der Waals surface area contributed by atoms with Gasteiger partial charge in [-0.25, -0.2) is 4.79 Å². The van der Waals surface area contributed by atoms with Crippen LogP contribution in [0.4, 0.5) is 0 Å². The zero-order valence-corrected chi connectivity index (χ0v) is 12.5. The average Bonchev–Trinajstić information content (AvgIpc) is 2.85. The smallest absolute Gasteiger partial charge is 0.326 e. The Kier molecular flexibility index (Phi) is 5.25.